The molecule has 7 heteroatoms. The van der Waals surface area contributed by atoms with Crippen molar-refractivity contribution in [2.45, 2.75) is 0 Å². The summed E-state index contributed by atoms with van der Waals surface area (Å²) < 4.78 is 14.9. The van der Waals surface area contributed by atoms with Crippen LogP contribution in [0.4, 0.5) is 0 Å². The lowest BCUT2D eigenvalue weighted by atomic mass is 10.1. The lowest BCUT2D eigenvalue weighted by Gasteiger charge is -2.05. The molecule has 0 saturated heterocycles. The second-order valence-corrected chi connectivity index (χ2v) is 6.49. The van der Waals surface area contributed by atoms with Crippen LogP contribution in [0, 0.1) is 11.8 Å². The summed E-state index contributed by atoms with van der Waals surface area (Å²) in [5.74, 6) is 6.19. The van der Waals surface area contributed by atoms with E-state index in [0.717, 1.165) is 22.8 Å². The van der Waals surface area contributed by atoms with Crippen LogP contribution in [0.25, 0.3) is 10.1 Å². The molecule has 0 spiro atoms. The van der Waals surface area contributed by atoms with Crippen LogP contribution in [0.5, 0.6) is 5.75 Å². The first kappa shape index (κ1) is 17.6. The topological polar surface area (TPSA) is 48.4 Å². The Morgan fingerprint density at radius 3 is 2.72 bits per heavy atom. The highest BCUT2D eigenvalue weighted by Crippen LogP contribution is 2.37. The molecule has 3 aromatic rings. The fraction of sp³-hybridized carbons (Fsp3) is 0.111. The maximum atomic E-state index is 11.8. The van der Waals surface area contributed by atoms with Gasteiger partial charge in [-0.3, -0.25) is 0 Å². The number of hydrogen-bond acceptors (Lipinski definition) is 5. The third-order valence-electron chi connectivity index (χ3n) is 3.44. The average Bonchev–Trinajstić information content (AvgIpc) is 3.03. The smallest absolute Gasteiger partial charge is 0.340 e. The first-order valence-electron chi connectivity index (χ1n) is 7.07. The fourth-order valence-electron chi connectivity index (χ4n) is 2.22. The van der Waals surface area contributed by atoms with Gasteiger partial charge in [0.05, 0.1) is 34.5 Å². The Morgan fingerprint density at radius 2 is 2.00 bits per heavy atom. The molecule has 1 aromatic heterocycles. The van der Waals surface area contributed by atoms with Crippen molar-refractivity contribution in [1.29, 1.82) is 0 Å². The van der Waals surface area contributed by atoms with E-state index in [1.165, 1.54) is 7.11 Å². The summed E-state index contributed by atoms with van der Waals surface area (Å²) in [6.45, 7) is 0. The number of rotatable bonds is 2. The lowest BCUT2D eigenvalue weighted by molar-refractivity contribution is 0.0601. The molecule has 0 atom stereocenters. The minimum absolute atomic E-state index is 0.134. The van der Waals surface area contributed by atoms with Crippen molar-refractivity contribution in [3.05, 3.63) is 57.2 Å². The quantitative estimate of drug-likeness (QED) is 0.465. The Hall–Kier alpha value is -2.26. The predicted molar refractivity (Wildman–Crippen MR) is 100.0 cm³/mol. The van der Waals surface area contributed by atoms with Crippen LogP contribution in [0.3, 0.4) is 0 Å². The maximum Gasteiger partial charge on any atom is 0.340 e. The molecule has 0 N–H and O–H groups in total. The van der Waals surface area contributed by atoms with Crippen LogP contribution < -0.4 is 4.74 Å². The van der Waals surface area contributed by atoms with Crippen LogP contribution in [-0.2, 0) is 4.74 Å². The van der Waals surface area contributed by atoms with Gasteiger partial charge in [0, 0.05) is 10.9 Å². The van der Waals surface area contributed by atoms with Gasteiger partial charge in [0.15, 0.2) is 0 Å². The fourth-order valence-corrected chi connectivity index (χ4v) is 3.69. The van der Waals surface area contributed by atoms with Crippen molar-refractivity contribution in [2.75, 3.05) is 14.2 Å². The standard InChI is InChI=1S/C18H11Cl2NO3S/c1-23-11-5-3-4-10(8-11)6-7-14-12-9-13(19)15(18(22)24-2)16(20)17(12)25-21-14/h3-5,8-9H,1-2H3. The summed E-state index contributed by atoms with van der Waals surface area (Å²) >= 11 is 13.7. The Balaban J connectivity index is 2.08. The molecule has 0 aliphatic rings. The molecule has 126 valence electrons. The summed E-state index contributed by atoms with van der Waals surface area (Å²) in [6, 6.07) is 9.04. The number of carbonyl (C=O) groups excluding carboxylic acids is 1. The third kappa shape index (κ3) is 3.42. The normalized spacial score (nSPS) is 10.2. The van der Waals surface area contributed by atoms with E-state index in [0.29, 0.717) is 15.8 Å². The maximum absolute atomic E-state index is 11.8. The number of esters is 1. The molecule has 0 amide bonds. The van der Waals surface area contributed by atoms with Gasteiger partial charge in [-0.1, -0.05) is 35.2 Å². The molecular weight excluding hydrogens is 381 g/mol. The van der Waals surface area contributed by atoms with Crippen molar-refractivity contribution in [2.24, 2.45) is 0 Å². The zero-order valence-corrected chi connectivity index (χ0v) is 15.6. The first-order chi connectivity index (χ1) is 12.0. The molecular formula is C18H11Cl2NO3S. The zero-order chi connectivity index (χ0) is 18.0. The van der Waals surface area contributed by atoms with Crippen LogP contribution >= 0.6 is 34.7 Å². The van der Waals surface area contributed by atoms with E-state index < -0.39 is 5.97 Å². The Morgan fingerprint density at radius 1 is 1.20 bits per heavy atom. The molecule has 0 radical (unpaired) electrons. The number of carbonyl (C=O) groups is 1. The highest BCUT2D eigenvalue weighted by atomic mass is 35.5. The molecule has 0 saturated carbocycles. The number of fused-ring (bicyclic) bond motifs is 1. The van der Waals surface area contributed by atoms with Gasteiger partial charge >= 0.3 is 5.97 Å². The Labute approximate surface area is 158 Å². The van der Waals surface area contributed by atoms with E-state index in [2.05, 4.69) is 16.2 Å². The molecule has 4 nitrogen and oxygen atoms in total. The van der Waals surface area contributed by atoms with Crippen LogP contribution in [0.15, 0.2) is 30.3 Å². The average molecular weight is 392 g/mol. The molecule has 2 aromatic carbocycles. The summed E-state index contributed by atoms with van der Waals surface area (Å²) in [5.41, 5.74) is 1.47. The highest BCUT2D eigenvalue weighted by Gasteiger charge is 2.21. The minimum atomic E-state index is -0.589. The predicted octanol–water partition coefficient (Wildman–Crippen LogP) is 4.80. The van der Waals surface area contributed by atoms with Gasteiger partial charge in [-0.2, -0.15) is 4.37 Å². The van der Waals surface area contributed by atoms with Gasteiger partial charge in [-0.05, 0) is 41.7 Å². The van der Waals surface area contributed by atoms with Gasteiger partial charge in [0.25, 0.3) is 0 Å². The van der Waals surface area contributed by atoms with Gasteiger partial charge in [-0.25, -0.2) is 4.79 Å². The van der Waals surface area contributed by atoms with E-state index >= 15 is 0 Å². The number of aromatic nitrogens is 1. The van der Waals surface area contributed by atoms with Crippen molar-refractivity contribution in [3.63, 3.8) is 0 Å². The zero-order valence-electron chi connectivity index (χ0n) is 13.2. The molecule has 3 rings (SSSR count). The highest BCUT2D eigenvalue weighted by molar-refractivity contribution is 7.14. The van der Waals surface area contributed by atoms with Crippen molar-refractivity contribution >= 4 is 50.8 Å². The van der Waals surface area contributed by atoms with Crippen molar-refractivity contribution in [1.82, 2.24) is 4.37 Å². The second kappa shape index (κ2) is 7.32. The molecule has 0 fully saturated rings. The monoisotopic (exact) mass is 391 g/mol. The van der Waals surface area contributed by atoms with E-state index in [4.69, 9.17) is 32.7 Å². The molecule has 0 unspecified atom stereocenters. The number of ether oxygens (including phenoxy) is 2. The minimum Gasteiger partial charge on any atom is -0.497 e. The van der Waals surface area contributed by atoms with Crippen LogP contribution in [-0.4, -0.2) is 24.6 Å². The number of hydrogen-bond donors (Lipinski definition) is 0. The van der Waals surface area contributed by atoms with Gasteiger partial charge in [0.1, 0.15) is 11.4 Å². The summed E-state index contributed by atoms with van der Waals surface area (Å²) in [5, 5.41) is 1.12. The van der Waals surface area contributed by atoms with E-state index in [1.807, 2.05) is 24.3 Å². The van der Waals surface area contributed by atoms with Gasteiger partial charge < -0.3 is 9.47 Å². The SMILES string of the molecule is COC(=O)c1c(Cl)cc2c(C#Cc3cccc(OC)c3)nsc2c1Cl. The summed E-state index contributed by atoms with van der Waals surface area (Å²) in [6.07, 6.45) is 0. The molecule has 0 aliphatic carbocycles. The van der Waals surface area contributed by atoms with Crippen LogP contribution in [0.1, 0.15) is 21.6 Å². The van der Waals surface area contributed by atoms with Gasteiger partial charge in [-0.15, -0.1) is 0 Å². The molecule has 1 heterocycles. The first-order valence-corrected chi connectivity index (χ1v) is 8.60. The van der Waals surface area contributed by atoms with Crippen molar-refractivity contribution < 1.29 is 14.3 Å². The van der Waals surface area contributed by atoms with Crippen LogP contribution in [0.2, 0.25) is 10.0 Å². The Bertz CT molecular complexity index is 1030. The van der Waals surface area contributed by atoms with Crippen molar-refractivity contribution in [3.8, 4) is 17.6 Å². The Kier molecular flexibility index (Phi) is 5.14. The van der Waals surface area contributed by atoms with Gasteiger partial charge in [0.2, 0.25) is 0 Å². The largest absolute Gasteiger partial charge is 0.497 e. The second-order valence-electron chi connectivity index (χ2n) is 4.93. The van der Waals surface area contributed by atoms with E-state index in [-0.39, 0.29) is 15.6 Å². The molecule has 0 aliphatic heterocycles. The summed E-state index contributed by atoms with van der Waals surface area (Å²) in [4.78, 5) is 11.8. The number of nitrogens with zero attached hydrogens (tertiary/aromatic N) is 1. The third-order valence-corrected chi connectivity index (χ3v) is 5.11. The number of halogens is 2. The van der Waals surface area contributed by atoms with E-state index in [9.17, 15) is 4.79 Å². The number of benzene rings is 2. The lowest BCUT2D eigenvalue weighted by Crippen LogP contribution is -2.03. The summed E-state index contributed by atoms with van der Waals surface area (Å²) in [7, 11) is 2.88. The molecule has 25 heavy (non-hydrogen) atoms. The van der Waals surface area contributed by atoms with E-state index in [1.54, 1.807) is 13.2 Å². The number of methoxy groups -OCH3 is 2. The molecule has 0 bridgehead atoms.